The van der Waals surface area contributed by atoms with E-state index < -0.39 is 0 Å². The fourth-order valence-electron chi connectivity index (χ4n) is 4.05. The largest absolute Gasteiger partial charge is 0.345 e. The molecule has 0 spiro atoms. The summed E-state index contributed by atoms with van der Waals surface area (Å²) in [4.78, 5) is 4.84. The van der Waals surface area contributed by atoms with E-state index in [0.29, 0.717) is 11.1 Å². The first-order valence-electron chi connectivity index (χ1n) is 8.78. The lowest BCUT2D eigenvalue weighted by Crippen LogP contribution is -2.32. The highest BCUT2D eigenvalue weighted by molar-refractivity contribution is 7.18. The van der Waals surface area contributed by atoms with Crippen LogP contribution in [0.25, 0.3) is 16.3 Å². The Kier molecular flexibility index (Phi) is 3.95. The number of fused-ring (bicyclic) bond motifs is 1. The van der Waals surface area contributed by atoms with Gasteiger partial charge in [0.15, 0.2) is 5.01 Å². The number of anilines is 1. The normalized spacial score (nSPS) is 22.9. The molecule has 2 aliphatic heterocycles. The van der Waals surface area contributed by atoms with Crippen LogP contribution in [0, 0.1) is 5.92 Å². The Bertz CT molecular complexity index is 924. The standard InChI is InChI=1S/C18H19ClN6S/c1-23-9-6-12-10-24(11-15(12)23)18-22-21-17(26-18)13-4-2-5-14(16(13)19)25-8-3-7-20-25/h2-5,7-8,12,15H,6,9-11H2,1H3/t12-,15+/m1/s1. The van der Waals surface area contributed by atoms with E-state index in [-0.39, 0.29) is 0 Å². The van der Waals surface area contributed by atoms with Crippen molar-refractivity contribution in [3.63, 3.8) is 0 Å². The van der Waals surface area contributed by atoms with Crippen LogP contribution in [0.3, 0.4) is 0 Å². The Morgan fingerprint density at radius 1 is 1.19 bits per heavy atom. The minimum atomic E-state index is 0.647. The lowest BCUT2D eigenvalue weighted by atomic mass is 10.1. The van der Waals surface area contributed by atoms with Crippen molar-refractivity contribution in [2.75, 3.05) is 31.6 Å². The number of benzene rings is 1. The summed E-state index contributed by atoms with van der Waals surface area (Å²) < 4.78 is 1.77. The van der Waals surface area contributed by atoms with Crippen LogP contribution in [0.5, 0.6) is 0 Å². The second-order valence-corrected chi connectivity index (χ2v) is 8.31. The van der Waals surface area contributed by atoms with E-state index in [2.05, 4.69) is 32.1 Å². The molecule has 2 atom stereocenters. The van der Waals surface area contributed by atoms with Crippen LogP contribution in [0.15, 0.2) is 36.7 Å². The van der Waals surface area contributed by atoms with E-state index >= 15 is 0 Å². The highest BCUT2D eigenvalue weighted by Gasteiger charge is 2.40. The van der Waals surface area contributed by atoms with E-state index in [1.165, 1.54) is 13.0 Å². The van der Waals surface area contributed by atoms with E-state index in [1.807, 2.05) is 30.5 Å². The van der Waals surface area contributed by atoms with Gasteiger partial charge in [-0.05, 0) is 38.1 Å². The number of hydrogen-bond acceptors (Lipinski definition) is 6. The predicted molar refractivity (Wildman–Crippen MR) is 104 cm³/mol. The minimum absolute atomic E-state index is 0.647. The quantitative estimate of drug-likeness (QED) is 0.692. The maximum absolute atomic E-state index is 6.66. The summed E-state index contributed by atoms with van der Waals surface area (Å²) in [6.07, 6.45) is 4.91. The molecule has 2 aliphatic rings. The molecule has 0 aliphatic carbocycles. The van der Waals surface area contributed by atoms with Crippen molar-refractivity contribution < 1.29 is 0 Å². The molecule has 3 aromatic rings. The van der Waals surface area contributed by atoms with Crippen LogP contribution < -0.4 is 4.90 Å². The van der Waals surface area contributed by atoms with Crippen LogP contribution in [0.4, 0.5) is 5.13 Å². The topological polar surface area (TPSA) is 50.1 Å². The van der Waals surface area contributed by atoms with Gasteiger partial charge in [0, 0.05) is 37.1 Å². The van der Waals surface area contributed by atoms with Gasteiger partial charge >= 0.3 is 0 Å². The zero-order chi connectivity index (χ0) is 17.7. The van der Waals surface area contributed by atoms with Crippen LogP contribution >= 0.6 is 22.9 Å². The maximum atomic E-state index is 6.66. The smallest absolute Gasteiger partial charge is 0.208 e. The SMILES string of the molecule is CN1CC[C@@H]2CN(c3nnc(-c4cccc(-n5cccn5)c4Cl)s3)C[C@@H]21. The lowest BCUT2D eigenvalue weighted by Gasteiger charge is -2.19. The summed E-state index contributed by atoms with van der Waals surface area (Å²) in [5.41, 5.74) is 1.75. The number of likely N-dealkylation sites (N-methyl/N-ethyl adjacent to an activating group) is 1. The van der Waals surface area contributed by atoms with Gasteiger partial charge in [-0.2, -0.15) is 5.10 Å². The van der Waals surface area contributed by atoms with Crippen molar-refractivity contribution in [2.24, 2.45) is 5.92 Å². The van der Waals surface area contributed by atoms with Gasteiger partial charge in [0.1, 0.15) is 0 Å². The molecule has 2 saturated heterocycles. The van der Waals surface area contributed by atoms with E-state index in [4.69, 9.17) is 11.6 Å². The second kappa shape index (κ2) is 6.33. The highest BCUT2D eigenvalue weighted by atomic mass is 35.5. The van der Waals surface area contributed by atoms with Crippen LogP contribution in [0.2, 0.25) is 5.02 Å². The Hall–Kier alpha value is -1.96. The Morgan fingerprint density at radius 2 is 2.12 bits per heavy atom. The van der Waals surface area contributed by atoms with Gasteiger partial charge in [-0.3, -0.25) is 0 Å². The first-order chi connectivity index (χ1) is 12.7. The van der Waals surface area contributed by atoms with Gasteiger partial charge in [0.2, 0.25) is 5.13 Å². The van der Waals surface area contributed by atoms with Gasteiger partial charge in [-0.15, -0.1) is 10.2 Å². The van der Waals surface area contributed by atoms with E-state index in [9.17, 15) is 0 Å². The molecule has 26 heavy (non-hydrogen) atoms. The van der Waals surface area contributed by atoms with Gasteiger partial charge in [0.05, 0.1) is 10.7 Å². The Morgan fingerprint density at radius 3 is 2.92 bits per heavy atom. The van der Waals surface area contributed by atoms with Gasteiger partial charge in [-0.1, -0.05) is 35.1 Å². The molecule has 4 heterocycles. The van der Waals surface area contributed by atoms with Crippen LogP contribution in [0.1, 0.15) is 6.42 Å². The monoisotopic (exact) mass is 386 g/mol. The number of halogens is 1. The molecule has 2 fully saturated rings. The first kappa shape index (κ1) is 16.2. The van der Waals surface area contributed by atoms with Crippen molar-refractivity contribution in [3.8, 4) is 16.3 Å². The summed E-state index contributed by atoms with van der Waals surface area (Å²) in [7, 11) is 2.22. The van der Waals surface area contributed by atoms with Gasteiger partial charge < -0.3 is 9.80 Å². The van der Waals surface area contributed by atoms with Gasteiger partial charge in [-0.25, -0.2) is 4.68 Å². The minimum Gasteiger partial charge on any atom is -0.345 e. The van der Waals surface area contributed by atoms with Crippen LogP contribution in [-0.4, -0.2) is 57.6 Å². The van der Waals surface area contributed by atoms with Crippen LogP contribution in [-0.2, 0) is 0 Å². The predicted octanol–water partition coefficient (Wildman–Crippen LogP) is 3.18. The molecular formula is C18H19ClN6S. The molecule has 0 N–H and O–H groups in total. The average Bonchev–Trinajstić information content (AvgIpc) is 3.41. The number of nitrogens with zero attached hydrogens (tertiary/aromatic N) is 6. The molecule has 0 saturated carbocycles. The van der Waals surface area contributed by atoms with Crippen molar-refractivity contribution >= 4 is 28.1 Å². The number of rotatable bonds is 3. The lowest BCUT2D eigenvalue weighted by molar-refractivity contribution is 0.310. The summed E-state index contributed by atoms with van der Waals surface area (Å²) in [5, 5.41) is 15.6. The van der Waals surface area contributed by atoms with E-state index in [1.54, 1.807) is 22.2 Å². The molecular weight excluding hydrogens is 368 g/mol. The van der Waals surface area contributed by atoms with Gasteiger partial charge in [0.25, 0.3) is 0 Å². The molecule has 134 valence electrons. The fraction of sp³-hybridized carbons (Fsp3) is 0.389. The van der Waals surface area contributed by atoms with Crippen molar-refractivity contribution in [1.29, 1.82) is 0 Å². The molecule has 6 nitrogen and oxygen atoms in total. The summed E-state index contributed by atoms with van der Waals surface area (Å²) in [5.74, 6) is 0.749. The highest BCUT2D eigenvalue weighted by Crippen LogP contribution is 2.39. The zero-order valence-electron chi connectivity index (χ0n) is 14.4. The molecule has 0 bridgehead atoms. The molecule has 8 heteroatoms. The fourth-order valence-corrected chi connectivity index (χ4v) is 5.31. The Labute approximate surface area is 161 Å². The molecule has 1 aromatic carbocycles. The van der Waals surface area contributed by atoms with Crippen molar-refractivity contribution in [3.05, 3.63) is 41.7 Å². The van der Waals surface area contributed by atoms with Crippen molar-refractivity contribution in [1.82, 2.24) is 24.9 Å². The zero-order valence-corrected chi connectivity index (χ0v) is 16.0. The summed E-state index contributed by atoms with van der Waals surface area (Å²) in [6, 6.07) is 8.46. The molecule has 0 unspecified atom stereocenters. The third-order valence-electron chi connectivity index (χ3n) is 5.47. The third-order valence-corrected chi connectivity index (χ3v) is 6.88. The second-order valence-electron chi connectivity index (χ2n) is 6.98. The Balaban J connectivity index is 1.44. The summed E-state index contributed by atoms with van der Waals surface area (Å²) in [6.45, 7) is 3.32. The maximum Gasteiger partial charge on any atom is 0.208 e. The molecule has 0 amide bonds. The number of likely N-dealkylation sites (tertiary alicyclic amines) is 1. The van der Waals surface area contributed by atoms with E-state index in [0.717, 1.165) is 40.4 Å². The summed E-state index contributed by atoms with van der Waals surface area (Å²) >= 11 is 8.27. The molecule has 5 rings (SSSR count). The molecule has 0 radical (unpaired) electrons. The number of aromatic nitrogens is 4. The number of hydrogen-bond donors (Lipinski definition) is 0. The van der Waals surface area contributed by atoms with Crippen molar-refractivity contribution in [2.45, 2.75) is 12.5 Å². The molecule has 2 aromatic heterocycles. The average molecular weight is 387 g/mol. The third kappa shape index (κ3) is 2.62. The first-order valence-corrected chi connectivity index (χ1v) is 9.98.